The van der Waals surface area contributed by atoms with Gasteiger partial charge in [0.05, 0.1) is 18.1 Å². The van der Waals surface area contributed by atoms with E-state index in [1.807, 2.05) is 44.2 Å². The van der Waals surface area contributed by atoms with Crippen LogP contribution in [0.2, 0.25) is 0 Å². The third-order valence-corrected chi connectivity index (χ3v) is 5.68. The van der Waals surface area contributed by atoms with Gasteiger partial charge in [0, 0.05) is 6.42 Å². The van der Waals surface area contributed by atoms with Crippen molar-refractivity contribution < 1.29 is 12.8 Å². The van der Waals surface area contributed by atoms with Crippen LogP contribution in [0.25, 0.3) is 0 Å². The minimum absolute atomic E-state index is 0.0876. The molecule has 2 aromatic rings. The summed E-state index contributed by atoms with van der Waals surface area (Å²) in [6.07, 6.45) is 2.65. The Morgan fingerprint density at radius 3 is 2.78 bits per heavy atom. The number of hydrogen-bond acceptors (Lipinski definition) is 4. The molecule has 0 unspecified atom stereocenters. The molecule has 5 nitrogen and oxygen atoms in total. The molecule has 0 bridgehead atoms. The van der Waals surface area contributed by atoms with Crippen molar-refractivity contribution >= 4 is 15.7 Å². The van der Waals surface area contributed by atoms with E-state index in [4.69, 9.17) is 4.42 Å². The smallest absolute Gasteiger partial charge is 0.250 e. The van der Waals surface area contributed by atoms with Gasteiger partial charge in [-0.1, -0.05) is 36.8 Å². The molecule has 2 heterocycles. The Labute approximate surface area is 136 Å². The van der Waals surface area contributed by atoms with Gasteiger partial charge in [-0.2, -0.15) is 9.52 Å². The number of furan rings is 1. The fourth-order valence-electron chi connectivity index (χ4n) is 2.81. The molecule has 0 aliphatic carbocycles. The third kappa shape index (κ3) is 3.17. The number of sulfonamides is 1. The maximum absolute atomic E-state index is 12.6. The van der Waals surface area contributed by atoms with Crippen molar-refractivity contribution in [3.8, 4) is 0 Å². The summed E-state index contributed by atoms with van der Waals surface area (Å²) in [6, 6.07) is 11.2. The van der Waals surface area contributed by atoms with Crippen molar-refractivity contribution in [2.75, 3.05) is 5.75 Å². The fraction of sp³-hybridized carbons (Fsp3) is 0.353. The molecule has 0 fully saturated rings. The SMILES string of the molecule is CCCS(=O)(=O)N1N=C(c2ccco2)C[C@@H]1c1cccc(C)c1. The van der Waals surface area contributed by atoms with Gasteiger partial charge in [-0.15, -0.1) is 0 Å². The van der Waals surface area contributed by atoms with E-state index in [1.54, 1.807) is 12.3 Å². The monoisotopic (exact) mass is 332 g/mol. The molecule has 0 spiro atoms. The van der Waals surface area contributed by atoms with Crippen LogP contribution in [0.3, 0.4) is 0 Å². The Balaban J connectivity index is 2.01. The second kappa shape index (κ2) is 6.20. The molecule has 23 heavy (non-hydrogen) atoms. The highest BCUT2D eigenvalue weighted by Crippen LogP contribution is 2.35. The molecule has 6 heteroatoms. The van der Waals surface area contributed by atoms with E-state index in [2.05, 4.69) is 5.10 Å². The average molecular weight is 332 g/mol. The lowest BCUT2D eigenvalue weighted by Crippen LogP contribution is -2.29. The quantitative estimate of drug-likeness (QED) is 0.842. The second-order valence-electron chi connectivity index (χ2n) is 5.75. The van der Waals surface area contributed by atoms with Gasteiger partial charge in [-0.05, 0) is 31.0 Å². The van der Waals surface area contributed by atoms with Crippen molar-refractivity contribution in [1.29, 1.82) is 0 Å². The Morgan fingerprint density at radius 2 is 2.13 bits per heavy atom. The zero-order chi connectivity index (χ0) is 16.4. The lowest BCUT2D eigenvalue weighted by molar-refractivity contribution is 0.371. The van der Waals surface area contributed by atoms with Crippen LogP contribution in [-0.4, -0.2) is 24.3 Å². The van der Waals surface area contributed by atoms with Gasteiger partial charge in [0.15, 0.2) is 0 Å². The predicted molar refractivity (Wildman–Crippen MR) is 89.7 cm³/mol. The Hall–Kier alpha value is -2.08. The summed E-state index contributed by atoms with van der Waals surface area (Å²) < 4.78 is 31.9. The van der Waals surface area contributed by atoms with Crippen LogP contribution >= 0.6 is 0 Å². The number of rotatable bonds is 5. The average Bonchev–Trinajstić information content (AvgIpc) is 3.17. The highest BCUT2D eigenvalue weighted by Gasteiger charge is 2.36. The van der Waals surface area contributed by atoms with Crippen molar-refractivity contribution in [1.82, 2.24) is 4.41 Å². The third-order valence-electron chi connectivity index (χ3n) is 3.85. The molecule has 0 saturated carbocycles. The summed E-state index contributed by atoms with van der Waals surface area (Å²) in [7, 11) is -3.44. The number of hydrazone groups is 1. The van der Waals surface area contributed by atoms with Gasteiger partial charge in [0.25, 0.3) is 0 Å². The van der Waals surface area contributed by atoms with Gasteiger partial charge in [-0.3, -0.25) is 0 Å². The van der Waals surface area contributed by atoms with E-state index in [-0.39, 0.29) is 11.8 Å². The second-order valence-corrected chi connectivity index (χ2v) is 7.69. The molecular weight excluding hydrogens is 312 g/mol. The topological polar surface area (TPSA) is 62.9 Å². The van der Waals surface area contributed by atoms with Gasteiger partial charge >= 0.3 is 0 Å². The molecule has 0 radical (unpaired) electrons. The first-order valence-electron chi connectivity index (χ1n) is 7.71. The van der Waals surface area contributed by atoms with Gasteiger partial charge in [-0.25, -0.2) is 8.42 Å². The minimum Gasteiger partial charge on any atom is -0.463 e. The maximum atomic E-state index is 12.6. The van der Waals surface area contributed by atoms with Crippen LogP contribution in [0.5, 0.6) is 0 Å². The molecule has 0 amide bonds. The van der Waals surface area contributed by atoms with E-state index in [0.717, 1.165) is 11.1 Å². The zero-order valence-electron chi connectivity index (χ0n) is 13.3. The van der Waals surface area contributed by atoms with E-state index in [1.165, 1.54) is 4.41 Å². The molecule has 0 N–H and O–H groups in total. The number of benzene rings is 1. The van der Waals surface area contributed by atoms with Crippen LogP contribution in [0.4, 0.5) is 0 Å². The molecule has 0 saturated heterocycles. The Kier molecular flexibility index (Phi) is 4.26. The first kappa shape index (κ1) is 15.8. The molecule has 3 rings (SSSR count). The number of aryl methyl sites for hydroxylation is 1. The van der Waals surface area contributed by atoms with E-state index >= 15 is 0 Å². The van der Waals surface area contributed by atoms with Crippen LogP contribution in [0.15, 0.2) is 52.2 Å². The molecule has 1 aliphatic heterocycles. The van der Waals surface area contributed by atoms with Crippen molar-refractivity contribution in [2.24, 2.45) is 5.10 Å². The Bertz CT molecular complexity index is 810. The summed E-state index contributed by atoms with van der Waals surface area (Å²) in [5.74, 6) is 0.710. The van der Waals surface area contributed by atoms with Crippen molar-refractivity contribution in [3.63, 3.8) is 0 Å². The molecule has 1 aromatic heterocycles. The number of nitrogens with zero attached hydrogens (tertiary/aromatic N) is 2. The minimum atomic E-state index is -3.44. The summed E-state index contributed by atoms with van der Waals surface area (Å²) in [4.78, 5) is 0. The van der Waals surface area contributed by atoms with Crippen molar-refractivity contribution in [2.45, 2.75) is 32.7 Å². The number of hydrogen-bond donors (Lipinski definition) is 0. The highest BCUT2D eigenvalue weighted by atomic mass is 32.2. The molecule has 1 aromatic carbocycles. The van der Waals surface area contributed by atoms with Crippen molar-refractivity contribution in [3.05, 3.63) is 59.5 Å². The standard InChI is InChI=1S/C17H20N2O3S/c1-3-10-23(20,21)19-16(14-7-4-6-13(2)11-14)12-15(18-19)17-8-5-9-22-17/h4-9,11,16H,3,10,12H2,1-2H3/t16-/m1/s1. The first-order valence-corrected chi connectivity index (χ1v) is 9.32. The fourth-order valence-corrected chi connectivity index (χ4v) is 4.32. The van der Waals surface area contributed by atoms with Gasteiger partial charge < -0.3 is 4.42 Å². The first-order chi connectivity index (χ1) is 11.0. The summed E-state index contributed by atoms with van der Waals surface area (Å²) in [5, 5.41) is 4.38. The zero-order valence-corrected chi connectivity index (χ0v) is 14.1. The molecule has 122 valence electrons. The normalized spacial score (nSPS) is 18.3. The van der Waals surface area contributed by atoms with E-state index in [9.17, 15) is 8.42 Å². The maximum Gasteiger partial charge on any atom is 0.250 e. The lowest BCUT2D eigenvalue weighted by atomic mass is 10.0. The Morgan fingerprint density at radius 1 is 1.30 bits per heavy atom. The summed E-state index contributed by atoms with van der Waals surface area (Å²) >= 11 is 0. The van der Waals surface area contributed by atoms with E-state index < -0.39 is 10.0 Å². The highest BCUT2D eigenvalue weighted by molar-refractivity contribution is 7.89. The summed E-state index contributed by atoms with van der Waals surface area (Å²) in [5.41, 5.74) is 2.72. The van der Waals surface area contributed by atoms with Gasteiger partial charge in [0.2, 0.25) is 10.0 Å². The molecule has 1 atom stereocenters. The van der Waals surface area contributed by atoms with Gasteiger partial charge in [0.1, 0.15) is 11.5 Å². The summed E-state index contributed by atoms with van der Waals surface area (Å²) in [6.45, 7) is 3.85. The van der Waals surface area contributed by atoms with Crippen LogP contribution in [0, 0.1) is 6.92 Å². The molecule has 1 aliphatic rings. The van der Waals surface area contributed by atoms with Crippen LogP contribution < -0.4 is 0 Å². The molecular formula is C17H20N2O3S. The van der Waals surface area contributed by atoms with Crippen LogP contribution in [-0.2, 0) is 10.0 Å². The largest absolute Gasteiger partial charge is 0.463 e. The van der Waals surface area contributed by atoms with Crippen LogP contribution in [0.1, 0.15) is 42.7 Å². The lowest BCUT2D eigenvalue weighted by Gasteiger charge is -2.23. The predicted octanol–water partition coefficient (Wildman–Crippen LogP) is 3.48. The van der Waals surface area contributed by atoms with E-state index in [0.29, 0.717) is 24.3 Å².